The molecular formula is C19H18N6. The molecule has 124 valence electrons. The van der Waals surface area contributed by atoms with Gasteiger partial charge in [-0.05, 0) is 37.1 Å². The number of aromatic nitrogens is 3. The Kier molecular flexibility index (Phi) is 4.13. The van der Waals surface area contributed by atoms with Crippen LogP contribution in [0.4, 0.5) is 11.5 Å². The Morgan fingerprint density at radius 3 is 2.68 bits per heavy atom. The molecule has 2 aromatic heterocycles. The van der Waals surface area contributed by atoms with Gasteiger partial charge in [0, 0.05) is 31.5 Å². The van der Waals surface area contributed by atoms with Crippen LogP contribution in [0.2, 0.25) is 0 Å². The summed E-state index contributed by atoms with van der Waals surface area (Å²) < 4.78 is 0. The van der Waals surface area contributed by atoms with Crippen molar-refractivity contribution in [1.29, 1.82) is 5.26 Å². The van der Waals surface area contributed by atoms with Gasteiger partial charge >= 0.3 is 0 Å². The second-order valence-corrected chi connectivity index (χ2v) is 6.13. The van der Waals surface area contributed by atoms with Crippen LogP contribution in [0.15, 0.2) is 48.8 Å². The van der Waals surface area contributed by atoms with Gasteiger partial charge in [0.15, 0.2) is 5.65 Å². The van der Waals surface area contributed by atoms with Crippen molar-refractivity contribution in [2.45, 2.75) is 18.9 Å². The molecule has 3 heterocycles. The molecule has 0 spiro atoms. The molecule has 0 aliphatic carbocycles. The van der Waals surface area contributed by atoms with Gasteiger partial charge in [0.05, 0.1) is 11.3 Å². The Morgan fingerprint density at radius 1 is 1.04 bits per heavy atom. The highest BCUT2D eigenvalue weighted by atomic mass is 15.2. The molecule has 0 bridgehead atoms. The van der Waals surface area contributed by atoms with Crippen molar-refractivity contribution in [3.05, 3.63) is 54.4 Å². The van der Waals surface area contributed by atoms with Gasteiger partial charge in [0.2, 0.25) is 0 Å². The van der Waals surface area contributed by atoms with Crippen molar-refractivity contribution in [1.82, 2.24) is 15.0 Å². The number of para-hydroxylation sites is 1. The molecule has 6 heteroatoms. The molecule has 1 fully saturated rings. The molecule has 4 rings (SSSR count). The van der Waals surface area contributed by atoms with Crippen LogP contribution in [0.1, 0.15) is 18.4 Å². The summed E-state index contributed by atoms with van der Waals surface area (Å²) in [5.74, 6) is 0.948. The lowest BCUT2D eigenvalue weighted by Crippen LogP contribution is -2.39. The van der Waals surface area contributed by atoms with Crippen molar-refractivity contribution < 1.29 is 0 Å². The summed E-state index contributed by atoms with van der Waals surface area (Å²) in [6.07, 6.45) is 5.35. The molecule has 0 radical (unpaired) electrons. The lowest BCUT2D eigenvalue weighted by atomic mass is 10.0. The molecule has 25 heavy (non-hydrogen) atoms. The molecule has 0 saturated carbocycles. The maximum atomic E-state index is 9.21. The number of rotatable bonds is 3. The zero-order valence-electron chi connectivity index (χ0n) is 13.8. The highest BCUT2D eigenvalue weighted by Gasteiger charge is 2.21. The summed E-state index contributed by atoms with van der Waals surface area (Å²) in [5, 5.41) is 12.7. The number of hydrogen-bond acceptors (Lipinski definition) is 6. The van der Waals surface area contributed by atoms with E-state index in [0.717, 1.165) is 43.0 Å². The fraction of sp³-hybridized carbons (Fsp3) is 0.263. The minimum atomic E-state index is 0.367. The van der Waals surface area contributed by atoms with Crippen LogP contribution >= 0.6 is 0 Å². The van der Waals surface area contributed by atoms with Crippen LogP contribution in [0.5, 0.6) is 0 Å². The number of hydrogen-bond donors (Lipinski definition) is 1. The largest absolute Gasteiger partial charge is 0.381 e. The fourth-order valence-corrected chi connectivity index (χ4v) is 3.20. The quantitative estimate of drug-likeness (QED) is 0.795. The third-order valence-electron chi connectivity index (χ3n) is 4.54. The summed E-state index contributed by atoms with van der Waals surface area (Å²) in [7, 11) is 0. The second kappa shape index (κ2) is 6.73. The topological polar surface area (TPSA) is 77.7 Å². The van der Waals surface area contributed by atoms with Crippen LogP contribution in [0.3, 0.4) is 0 Å². The Labute approximate surface area is 146 Å². The zero-order valence-corrected chi connectivity index (χ0v) is 13.8. The maximum Gasteiger partial charge on any atom is 0.180 e. The van der Waals surface area contributed by atoms with E-state index in [1.165, 1.54) is 0 Å². The van der Waals surface area contributed by atoms with Gasteiger partial charge in [-0.1, -0.05) is 12.1 Å². The number of piperidine rings is 1. The van der Waals surface area contributed by atoms with Gasteiger partial charge in [-0.3, -0.25) is 4.98 Å². The van der Waals surface area contributed by atoms with Crippen molar-refractivity contribution in [2.75, 3.05) is 23.3 Å². The number of pyridine rings is 1. The molecule has 1 aromatic carbocycles. The number of benzene rings is 1. The van der Waals surface area contributed by atoms with Crippen LogP contribution in [-0.2, 0) is 0 Å². The molecule has 1 N–H and O–H groups in total. The van der Waals surface area contributed by atoms with Crippen LogP contribution in [-0.4, -0.2) is 34.1 Å². The van der Waals surface area contributed by atoms with E-state index in [2.05, 4.69) is 31.2 Å². The van der Waals surface area contributed by atoms with E-state index in [0.29, 0.717) is 17.3 Å². The first-order valence-electron chi connectivity index (χ1n) is 8.42. The van der Waals surface area contributed by atoms with Gasteiger partial charge in [0.25, 0.3) is 0 Å². The molecule has 0 atom stereocenters. The van der Waals surface area contributed by atoms with Crippen LogP contribution < -0.4 is 10.2 Å². The smallest absolute Gasteiger partial charge is 0.180 e. The first kappa shape index (κ1) is 15.3. The predicted octanol–water partition coefficient (Wildman–Crippen LogP) is 2.98. The van der Waals surface area contributed by atoms with Crippen molar-refractivity contribution in [2.24, 2.45) is 0 Å². The molecule has 1 saturated heterocycles. The maximum absolute atomic E-state index is 9.21. The molecule has 3 aromatic rings. The third kappa shape index (κ3) is 3.22. The van der Waals surface area contributed by atoms with Gasteiger partial charge in [-0.2, -0.15) is 5.26 Å². The van der Waals surface area contributed by atoms with Crippen molar-refractivity contribution in [3.8, 4) is 6.07 Å². The first-order valence-corrected chi connectivity index (χ1v) is 8.42. The Morgan fingerprint density at radius 2 is 1.84 bits per heavy atom. The van der Waals surface area contributed by atoms with E-state index in [4.69, 9.17) is 0 Å². The van der Waals surface area contributed by atoms with Gasteiger partial charge in [-0.25, -0.2) is 9.97 Å². The summed E-state index contributed by atoms with van der Waals surface area (Å²) in [5.41, 5.74) is 3.11. The lowest BCUT2D eigenvalue weighted by Gasteiger charge is -2.33. The summed E-state index contributed by atoms with van der Waals surface area (Å²) >= 11 is 0. The number of fused-ring (bicyclic) bond motifs is 1. The SMILES string of the molecule is N#Cc1ccccc1NC1CCN(c2ccc3nccnc3n2)CC1. The van der Waals surface area contributed by atoms with Crippen molar-refractivity contribution >= 4 is 22.7 Å². The Bertz CT molecular complexity index is 924. The van der Waals surface area contributed by atoms with E-state index in [1.807, 2.05) is 36.4 Å². The minimum absolute atomic E-state index is 0.367. The van der Waals surface area contributed by atoms with E-state index in [9.17, 15) is 5.26 Å². The first-order chi connectivity index (χ1) is 12.3. The van der Waals surface area contributed by atoms with E-state index >= 15 is 0 Å². The summed E-state index contributed by atoms with van der Waals surface area (Å²) in [4.78, 5) is 15.5. The van der Waals surface area contributed by atoms with Crippen LogP contribution in [0.25, 0.3) is 11.2 Å². The fourth-order valence-electron chi connectivity index (χ4n) is 3.20. The normalized spacial score (nSPS) is 15.1. The number of nitrogens with zero attached hydrogens (tertiary/aromatic N) is 5. The minimum Gasteiger partial charge on any atom is -0.381 e. The predicted molar refractivity (Wildman–Crippen MR) is 97.3 cm³/mol. The zero-order chi connectivity index (χ0) is 17.1. The molecule has 1 aliphatic heterocycles. The van der Waals surface area contributed by atoms with Crippen LogP contribution in [0, 0.1) is 11.3 Å². The molecule has 1 aliphatic rings. The van der Waals surface area contributed by atoms with E-state index in [-0.39, 0.29) is 0 Å². The van der Waals surface area contributed by atoms with Crippen molar-refractivity contribution in [3.63, 3.8) is 0 Å². The average Bonchev–Trinajstić information content (AvgIpc) is 2.68. The highest BCUT2D eigenvalue weighted by molar-refractivity contribution is 5.71. The monoisotopic (exact) mass is 330 g/mol. The molecule has 0 amide bonds. The molecule has 0 unspecified atom stereocenters. The Balaban J connectivity index is 1.43. The average molecular weight is 330 g/mol. The molecular weight excluding hydrogens is 312 g/mol. The Hall–Kier alpha value is -3.20. The standard InChI is InChI=1S/C19H18N6/c20-13-14-3-1-2-4-16(14)23-15-7-11-25(12-8-15)18-6-5-17-19(24-18)22-10-9-21-17/h1-6,9-10,15,23H,7-8,11-12H2. The van der Waals surface area contributed by atoms with E-state index < -0.39 is 0 Å². The third-order valence-corrected chi connectivity index (χ3v) is 4.54. The molecule has 6 nitrogen and oxygen atoms in total. The van der Waals surface area contributed by atoms with Gasteiger partial charge < -0.3 is 10.2 Å². The van der Waals surface area contributed by atoms with E-state index in [1.54, 1.807) is 12.4 Å². The van der Waals surface area contributed by atoms with Gasteiger partial charge in [-0.15, -0.1) is 0 Å². The lowest BCUT2D eigenvalue weighted by molar-refractivity contribution is 0.524. The summed E-state index contributed by atoms with van der Waals surface area (Å²) in [6.45, 7) is 1.84. The second-order valence-electron chi connectivity index (χ2n) is 6.13. The number of anilines is 2. The highest BCUT2D eigenvalue weighted by Crippen LogP contribution is 2.23. The van der Waals surface area contributed by atoms with Gasteiger partial charge in [0.1, 0.15) is 17.4 Å². The number of nitriles is 1. The summed E-state index contributed by atoms with van der Waals surface area (Å²) in [6, 6.07) is 14.2. The number of nitrogens with one attached hydrogen (secondary N) is 1.